The Hall–Kier alpha value is -4.70. The van der Waals surface area contributed by atoms with Crippen LogP contribution >= 0.6 is 0 Å². The van der Waals surface area contributed by atoms with Crippen LogP contribution in [0.25, 0.3) is 21.9 Å². The molecule has 0 aliphatic carbocycles. The molecule has 0 aliphatic heterocycles. The lowest BCUT2D eigenvalue weighted by Crippen LogP contribution is -2.12. The highest BCUT2D eigenvalue weighted by Crippen LogP contribution is 2.33. The fourth-order valence-electron chi connectivity index (χ4n) is 3.44. The minimum Gasteiger partial charge on any atom is -0.464 e. The van der Waals surface area contributed by atoms with Crippen molar-refractivity contribution in [2.75, 3.05) is 11.0 Å². The number of aldehydes is 1. The van der Waals surface area contributed by atoms with Crippen LogP contribution < -0.4 is 20.3 Å². The third-order valence-corrected chi connectivity index (χ3v) is 5.67. The van der Waals surface area contributed by atoms with E-state index in [9.17, 15) is 22.8 Å². The third kappa shape index (κ3) is 6.30. The van der Waals surface area contributed by atoms with Crippen molar-refractivity contribution in [1.29, 1.82) is 0 Å². The van der Waals surface area contributed by atoms with Gasteiger partial charge in [0.1, 0.15) is 23.2 Å². The SMILES string of the molecule is CS(=O)(=O)Nc1cc2occ(CC=O)c(=O)c2cc1Oc1ccccc1.O=c1ccoc2ccccc12. The van der Waals surface area contributed by atoms with Crippen molar-refractivity contribution in [2.24, 2.45) is 0 Å². The lowest BCUT2D eigenvalue weighted by Gasteiger charge is -2.13. The first kappa shape index (κ1) is 25.4. The zero-order valence-electron chi connectivity index (χ0n) is 19.5. The molecule has 0 fully saturated rings. The molecule has 0 amide bonds. The summed E-state index contributed by atoms with van der Waals surface area (Å²) in [5.41, 5.74) is 0.794. The summed E-state index contributed by atoms with van der Waals surface area (Å²) < 4.78 is 41.9. The number of sulfonamides is 1. The number of carbonyl (C=O) groups excluding carboxylic acids is 1. The van der Waals surface area contributed by atoms with Gasteiger partial charge in [-0.1, -0.05) is 30.3 Å². The van der Waals surface area contributed by atoms with Crippen LogP contribution in [0.1, 0.15) is 5.56 Å². The van der Waals surface area contributed by atoms with Crippen LogP contribution in [0, 0.1) is 0 Å². The summed E-state index contributed by atoms with van der Waals surface area (Å²) in [5.74, 6) is 0.613. The molecule has 5 aromatic rings. The Morgan fingerprint density at radius 2 is 1.62 bits per heavy atom. The Balaban J connectivity index is 0.000000241. The van der Waals surface area contributed by atoms with Gasteiger partial charge in [0.05, 0.1) is 35.2 Å². The van der Waals surface area contributed by atoms with Crippen LogP contribution in [-0.2, 0) is 21.2 Å². The van der Waals surface area contributed by atoms with E-state index in [4.69, 9.17) is 13.6 Å². The Morgan fingerprint density at radius 1 is 0.892 bits per heavy atom. The number of para-hydroxylation sites is 2. The summed E-state index contributed by atoms with van der Waals surface area (Å²) in [6, 6.07) is 20.1. The van der Waals surface area contributed by atoms with Gasteiger partial charge in [-0.25, -0.2) is 8.42 Å². The van der Waals surface area contributed by atoms with Crippen LogP contribution in [0.3, 0.4) is 0 Å². The molecule has 0 spiro atoms. The Kier molecular flexibility index (Phi) is 7.49. The Morgan fingerprint density at radius 3 is 2.32 bits per heavy atom. The number of hydrogen-bond donors (Lipinski definition) is 1. The maximum absolute atomic E-state index is 12.5. The molecule has 188 valence electrons. The first-order valence-electron chi connectivity index (χ1n) is 10.9. The van der Waals surface area contributed by atoms with Crippen molar-refractivity contribution < 1.29 is 26.8 Å². The Bertz CT molecular complexity index is 1790. The van der Waals surface area contributed by atoms with E-state index in [1.54, 1.807) is 36.4 Å². The van der Waals surface area contributed by atoms with Crippen LogP contribution in [0.4, 0.5) is 5.69 Å². The van der Waals surface area contributed by atoms with Crippen molar-refractivity contribution >= 4 is 43.9 Å². The second-order valence-electron chi connectivity index (χ2n) is 7.88. The van der Waals surface area contributed by atoms with Crippen molar-refractivity contribution in [2.45, 2.75) is 6.42 Å². The normalized spacial score (nSPS) is 10.9. The summed E-state index contributed by atoms with van der Waals surface area (Å²) in [7, 11) is -3.58. The number of fused-ring (bicyclic) bond motifs is 2. The van der Waals surface area contributed by atoms with Crippen LogP contribution in [0.15, 0.2) is 104 Å². The molecule has 0 bridgehead atoms. The largest absolute Gasteiger partial charge is 0.464 e. The standard InChI is InChI=1S/C18H15NO6S.C9H6O2/c1-26(22,23)19-15-10-16-14(18(21)12(7-8-20)11-24-16)9-17(15)25-13-5-3-2-4-6-13;10-8-5-6-11-9-4-2-1-3-7(8)9/h2-6,8-11,19H,7H2,1H3;1-6H. The number of rotatable bonds is 6. The average Bonchev–Trinajstić information content (AvgIpc) is 2.87. The van der Waals surface area contributed by atoms with Crippen LogP contribution in [0.2, 0.25) is 0 Å². The van der Waals surface area contributed by atoms with Gasteiger partial charge in [0, 0.05) is 24.1 Å². The number of carbonyl (C=O) groups is 1. The molecular formula is C27H21NO8S. The molecule has 3 aromatic carbocycles. The van der Waals surface area contributed by atoms with Gasteiger partial charge in [0.15, 0.2) is 16.6 Å². The number of benzene rings is 3. The molecule has 2 aromatic heterocycles. The van der Waals surface area contributed by atoms with Crippen LogP contribution in [0.5, 0.6) is 11.5 Å². The first-order chi connectivity index (χ1) is 17.7. The summed E-state index contributed by atoms with van der Waals surface area (Å²) in [6.07, 6.45) is 4.15. The molecule has 0 unspecified atom stereocenters. The Labute approximate surface area is 211 Å². The molecule has 0 aliphatic rings. The van der Waals surface area contributed by atoms with Gasteiger partial charge < -0.3 is 18.4 Å². The summed E-state index contributed by atoms with van der Waals surface area (Å²) in [5, 5.41) is 0.823. The molecular weight excluding hydrogens is 498 g/mol. The molecule has 0 saturated heterocycles. The van der Waals surface area contributed by atoms with Gasteiger partial charge in [0.2, 0.25) is 10.0 Å². The first-order valence-corrected chi connectivity index (χ1v) is 12.8. The predicted molar refractivity (Wildman–Crippen MR) is 140 cm³/mol. The maximum Gasteiger partial charge on any atom is 0.229 e. The second-order valence-corrected chi connectivity index (χ2v) is 9.62. The smallest absolute Gasteiger partial charge is 0.229 e. The zero-order valence-corrected chi connectivity index (χ0v) is 20.4. The highest BCUT2D eigenvalue weighted by atomic mass is 32.2. The fourth-order valence-corrected chi connectivity index (χ4v) is 4.00. The van der Waals surface area contributed by atoms with Gasteiger partial charge in [-0.2, -0.15) is 0 Å². The summed E-state index contributed by atoms with van der Waals surface area (Å²) in [6.45, 7) is 0. The topological polar surface area (TPSA) is 133 Å². The summed E-state index contributed by atoms with van der Waals surface area (Å²) >= 11 is 0. The molecule has 2 heterocycles. The van der Waals surface area contributed by atoms with E-state index in [-0.39, 0.29) is 45.2 Å². The minimum atomic E-state index is -3.58. The fraction of sp³-hybridized carbons (Fsp3) is 0.0741. The lowest BCUT2D eigenvalue weighted by atomic mass is 10.1. The number of anilines is 1. The van der Waals surface area contributed by atoms with Gasteiger partial charge in [0.25, 0.3) is 0 Å². The van der Waals surface area contributed by atoms with Gasteiger partial charge in [-0.3, -0.25) is 14.3 Å². The molecule has 0 atom stereocenters. The van der Waals surface area contributed by atoms with Crippen LogP contribution in [-0.4, -0.2) is 21.0 Å². The molecule has 5 rings (SSSR count). The van der Waals surface area contributed by atoms with Crippen molar-refractivity contribution in [1.82, 2.24) is 0 Å². The van der Waals surface area contributed by atoms with E-state index >= 15 is 0 Å². The highest BCUT2D eigenvalue weighted by Gasteiger charge is 2.16. The van der Waals surface area contributed by atoms with Crippen molar-refractivity contribution in [3.63, 3.8) is 0 Å². The van der Waals surface area contributed by atoms with E-state index in [1.165, 1.54) is 30.7 Å². The molecule has 9 nitrogen and oxygen atoms in total. The zero-order chi connectivity index (χ0) is 26.4. The average molecular weight is 520 g/mol. The third-order valence-electron chi connectivity index (χ3n) is 5.08. The van der Waals surface area contributed by atoms with Crippen molar-refractivity contribution in [3.05, 3.63) is 111 Å². The van der Waals surface area contributed by atoms with Gasteiger partial charge in [-0.15, -0.1) is 0 Å². The molecule has 1 N–H and O–H groups in total. The second kappa shape index (κ2) is 10.9. The predicted octanol–water partition coefficient (Wildman–Crippen LogP) is 4.49. The molecule has 0 saturated carbocycles. The maximum atomic E-state index is 12.5. The van der Waals surface area contributed by atoms with E-state index in [0.717, 1.165) is 6.26 Å². The number of hydrogen-bond acceptors (Lipinski definition) is 8. The molecule has 0 radical (unpaired) electrons. The monoisotopic (exact) mass is 519 g/mol. The van der Waals surface area contributed by atoms with E-state index < -0.39 is 10.0 Å². The van der Waals surface area contributed by atoms with Gasteiger partial charge in [-0.05, 0) is 30.3 Å². The van der Waals surface area contributed by atoms with E-state index in [2.05, 4.69) is 4.72 Å². The number of nitrogens with one attached hydrogen (secondary N) is 1. The van der Waals surface area contributed by atoms with Crippen molar-refractivity contribution in [3.8, 4) is 11.5 Å². The molecule has 10 heteroatoms. The lowest BCUT2D eigenvalue weighted by molar-refractivity contribution is -0.107. The highest BCUT2D eigenvalue weighted by molar-refractivity contribution is 7.92. The quantitative estimate of drug-likeness (QED) is 0.325. The van der Waals surface area contributed by atoms with E-state index in [0.29, 0.717) is 23.0 Å². The summed E-state index contributed by atoms with van der Waals surface area (Å²) in [4.78, 5) is 34.3. The van der Waals surface area contributed by atoms with E-state index in [1.807, 2.05) is 18.2 Å². The minimum absolute atomic E-state index is 0.00634. The molecule has 37 heavy (non-hydrogen) atoms. The number of ether oxygens (including phenoxy) is 1. The van der Waals surface area contributed by atoms with Gasteiger partial charge >= 0.3 is 0 Å².